The zero-order chi connectivity index (χ0) is 14.5. The zero-order valence-electron chi connectivity index (χ0n) is 11.2. The maximum atomic E-state index is 12.1. The molecule has 2 aromatic rings. The Morgan fingerprint density at radius 3 is 2.70 bits per heavy atom. The molecule has 106 valence electrons. The number of H-pyrrole nitrogens is 1. The minimum Gasteiger partial charge on any atom is -0.388 e. The van der Waals surface area contributed by atoms with Gasteiger partial charge in [0.25, 0.3) is 5.91 Å². The second-order valence-corrected chi connectivity index (χ2v) is 5.11. The molecular formula is C15H17ClN2O2. The van der Waals surface area contributed by atoms with Crippen LogP contribution < -0.4 is 0 Å². The van der Waals surface area contributed by atoms with Crippen LogP contribution in [0.25, 0.3) is 0 Å². The lowest BCUT2D eigenvalue weighted by molar-refractivity contribution is 0.0756. The minimum atomic E-state index is -0.571. The minimum absolute atomic E-state index is 0.142. The smallest absolute Gasteiger partial charge is 0.270 e. The van der Waals surface area contributed by atoms with Crippen LogP contribution in [0, 0.1) is 0 Å². The topological polar surface area (TPSA) is 56.3 Å². The molecule has 1 amide bonds. The van der Waals surface area contributed by atoms with Crippen molar-refractivity contribution in [1.29, 1.82) is 0 Å². The van der Waals surface area contributed by atoms with Crippen LogP contribution in [-0.4, -0.2) is 34.5 Å². The van der Waals surface area contributed by atoms with E-state index >= 15 is 0 Å². The van der Waals surface area contributed by atoms with Crippen LogP contribution in [0.3, 0.4) is 0 Å². The number of aromatic amines is 1. The van der Waals surface area contributed by atoms with Crippen LogP contribution in [0.1, 0.15) is 28.6 Å². The molecule has 4 nitrogen and oxygen atoms in total. The molecule has 2 N–H and O–H groups in total. The highest BCUT2D eigenvalue weighted by Gasteiger charge is 2.15. The van der Waals surface area contributed by atoms with E-state index in [-0.39, 0.29) is 5.91 Å². The van der Waals surface area contributed by atoms with E-state index in [1.54, 1.807) is 24.2 Å². The number of carbonyl (C=O) groups is 1. The van der Waals surface area contributed by atoms with Gasteiger partial charge in [0.05, 0.1) is 11.1 Å². The summed E-state index contributed by atoms with van der Waals surface area (Å²) in [6, 6.07) is 11.0. The first-order valence-corrected chi connectivity index (χ1v) is 6.78. The third-order valence-electron chi connectivity index (χ3n) is 3.15. The largest absolute Gasteiger partial charge is 0.388 e. The molecule has 5 heteroatoms. The number of halogens is 1. The molecule has 20 heavy (non-hydrogen) atoms. The number of benzene rings is 1. The molecule has 1 heterocycles. The molecular weight excluding hydrogens is 276 g/mol. The van der Waals surface area contributed by atoms with E-state index in [9.17, 15) is 9.90 Å². The van der Waals surface area contributed by atoms with Gasteiger partial charge in [-0.2, -0.15) is 0 Å². The molecule has 0 radical (unpaired) electrons. The lowest BCUT2D eigenvalue weighted by Crippen LogP contribution is -2.28. The number of carbonyl (C=O) groups excluding carboxylic acids is 1. The monoisotopic (exact) mass is 292 g/mol. The fourth-order valence-corrected chi connectivity index (χ4v) is 2.12. The van der Waals surface area contributed by atoms with Crippen molar-refractivity contribution in [3.63, 3.8) is 0 Å². The van der Waals surface area contributed by atoms with Gasteiger partial charge >= 0.3 is 0 Å². The van der Waals surface area contributed by atoms with E-state index in [0.29, 0.717) is 23.7 Å². The summed E-state index contributed by atoms with van der Waals surface area (Å²) >= 11 is 5.77. The second kappa shape index (κ2) is 6.59. The van der Waals surface area contributed by atoms with E-state index in [1.165, 1.54) is 0 Å². The highest BCUT2D eigenvalue weighted by Crippen LogP contribution is 2.17. The van der Waals surface area contributed by atoms with Crippen LogP contribution in [0.2, 0.25) is 5.02 Å². The van der Waals surface area contributed by atoms with Crippen molar-refractivity contribution in [1.82, 2.24) is 9.88 Å². The van der Waals surface area contributed by atoms with Gasteiger partial charge in [-0.3, -0.25) is 4.79 Å². The van der Waals surface area contributed by atoms with Crippen LogP contribution in [0.4, 0.5) is 0 Å². The van der Waals surface area contributed by atoms with Gasteiger partial charge in [0.1, 0.15) is 5.69 Å². The molecule has 1 aromatic carbocycles. The van der Waals surface area contributed by atoms with E-state index < -0.39 is 6.10 Å². The van der Waals surface area contributed by atoms with Gasteiger partial charge in [0.2, 0.25) is 0 Å². The first-order valence-electron chi connectivity index (χ1n) is 6.40. The lowest BCUT2D eigenvalue weighted by atomic mass is 10.1. The van der Waals surface area contributed by atoms with Crippen molar-refractivity contribution in [3.05, 3.63) is 58.9 Å². The number of aromatic nitrogens is 1. The molecule has 2 rings (SSSR count). The van der Waals surface area contributed by atoms with Gasteiger partial charge in [-0.1, -0.05) is 41.9 Å². The number of aliphatic hydroxyl groups is 1. The quantitative estimate of drug-likeness (QED) is 0.890. The van der Waals surface area contributed by atoms with Crippen LogP contribution in [0.5, 0.6) is 0 Å². The molecule has 0 unspecified atom stereocenters. The number of hydrogen-bond acceptors (Lipinski definition) is 2. The van der Waals surface area contributed by atoms with Gasteiger partial charge < -0.3 is 15.0 Å². The maximum Gasteiger partial charge on any atom is 0.270 e. The molecule has 0 bridgehead atoms. The maximum absolute atomic E-state index is 12.1. The van der Waals surface area contributed by atoms with Gasteiger partial charge in [0, 0.05) is 19.8 Å². The Labute approximate surface area is 123 Å². The summed E-state index contributed by atoms with van der Waals surface area (Å²) in [5, 5.41) is 10.6. The third-order valence-corrected chi connectivity index (χ3v) is 3.37. The van der Waals surface area contributed by atoms with Crippen LogP contribution >= 0.6 is 11.6 Å². The predicted molar refractivity (Wildman–Crippen MR) is 78.8 cm³/mol. The molecule has 0 aliphatic heterocycles. The molecule has 1 atom stereocenters. The Kier molecular flexibility index (Phi) is 4.82. The summed E-state index contributed by atoms with van der Waals surface area (Å²) in [6.07, 6.45) is 1.49. The Hall–Kier alpha value is -1.78. The van der Waals surface area contributed by atoms with Crippen molar-refractivity contribution < 1.29 is 9.90 Å². The Morgan fingerprint density at radius 2 is 2.10 bits per heavy atom. The van der Waals surface area contributed by atoms with Gasteiger partial charge in [-0.15, -0.1) is 0 Å². The second-order valence-electron chi connectivity index (χ2n) is 4.67. The summed E-state index contributed by atoms with van der Waals surface area (Å²) in [4.78, 5) is 16.4. The Morgan fingerprint density at radius 1 is 1.40 bits per heavy atom. The molecule has 0 aliphatic carbocycles. The molecule has 0 saturated carbocycles. The van der Waals surface area contributed by atoms with Gasteiger partial charge in [-0.25, -0.2) is 0 Å². The highest BCUT2D eigenvalue weighted by molar-refractivity contribution is 6.30. The van der Waals surface area contributed by atoms with E-state index in [2.05, 4.69) is 4.98 Å². The first-order chi connectivity index (χ1) is 9.58. The summed E-state index contributed by atoms with van der Waals surface area (Å²) in [5.74, 6) is -0.142. The van der Waals surface area contributed by atoms with Gasteiger partial charge in [-0.05, 0) is 18.1 Å². The van der Waals surface area contributed by atoms with Crippen LogP contribution in [0.15, 0.2) is 42.6 Å². The number of hydrogen-bond donors (Lipinski definition) is 2. The highest BCUT2D eigenvalue weighted by atomic mass is 35.5. The lowest BCUT2D eigenvalue weighted by Gasteiger charge is -2.18. The Balaban J connectivity index is 1.89. The summed E-state index contributed by atoms with van der Waals surface area (Å²) in [6.45, 7) is 0.464. The molecule has 1 aromatic heterocycles. The Bertz CT molecular complexity index is 568. The van der Waals surface area contributed by atoms with Gasteiger partial charge in [0.15, 0.2) is 0 Å². The zero-order valence-corrected chi connectivity index (χ0v) is 12.0. The SMILES string of the molecule is CN(CC[C@@H](O)c1ccccc1)C(=O)c1cc(Cl)c[nH]1. The molecule has 0 fully saturated rings. The van der Waals surface area contributed by atoms with Crippen molar-refractivity contribution in [2.24, 2.45) is 0 Å². The number of aliphatic hydroxyl groups excluding tert-OH is 1. The molecule has 0 spiro atoms. The molecule has 0 saturated heterocycles. The standard InChI is InChI=1S/C15H17ClN2O2/c1-18(15(20)13-9-12(16)10-17-13)8-7-14(19)11-5-3-2-4-6-11/h2-6,9-10,14,17,19H,7-8H2,1H3/t14-/m1/s1. The third kappa shape index (κ3) is 3.62. The molecule has 0 aliphatic rings. The van der Waals surface area contributed by atoms with E-state index in [0.717, 1.165) is 5.56 Å². The fourth-order valence-electron chi connectivity index (χ4n) is 1.96. The van der Waals surface area contributed by atoms with Crippen molar-refractivity contribution >= 4 is 17.5 Å². The average molecular weight is 293 g/mol. The summed E-state index contributed by atoms with van der Waals surface area (Å²) < 4.78 is 0. The first kappa shape index (κ1) is 14.6. The number of nitrogens with zero attached hydrogens (tertiary/aromatic N) is 1. The van der Waals surface area contributed by atoms with Crippen molar-refractivity contribution in [2.75, 3.05) is 13.6 Å². The van der Waals surface area contributed by atoms with Crippen molar-refractivity contribution in [3.8, 4) is 0 Å². The van der Waals surface area contributed by atoms with E-state index in [1.807, 2.05) is 30.3 Å². The average Bonchev–Trinajstić information content (AvgIpc) is 2.91. The van der Waals surface area contributed by atoms with Crippen molar-refractivity contribution in [2.45, 2.75) is 12.5 Å². The fraction of sp³-hybridized carbons (Fsp3) is 0.267. The van der Waals surface area contributed by atoms with Crippen LogP contribution in [-0.2, 0) is 0 Å². The number of amides is 1. The summed E-state index contributed by atoms with van der Waals surface area (Å²) in [5.41, 5.74) is 1.31. The van der Waals surface area contributed by atoms with E-state index in [4.69, 9.17) is 11.6 Å². The summed E-state index contributed by atoms with van der Waals surface area (Å²) in [7, 11) is 1.70. The predicted octanol–water partition coefficient (Wildman–Crippen LogP) is 2.86. The normalized spacial score (nSPS) is 12.2. The number of nitrogens with one attached hydrogen (secondary N) is 1. The number of rotatable bonds is 5.